The number of carbonyl (C=O) groups is 1. The second-order valence-electron chi connectivity index (χ2n) is 3.92. The van der Waals surface area contributed by atoms with Gasteiger partial charge in [-0.15, -0.1) is 0 Å². The van der Waals surface area contributed by atoms with Gasteiger partial charge >= 0.3 is 5.97 Å². The molecule has 0 saturated carbocycles. The standard InChI is InChI=1S/C11H19N3O4S/c1-5-13-7-10(12-9(13)3)19(16,17)14(6-2)8-11(15)18-4/h7H,5-6,8H2,1-4H3. The van der Waals surface area contributed by atoms with Crippen molar-refractivity contribution in [3.05, 3.63) is 12.0 Å². The van der Waals surface area contributed by atoms with E-state index in [0.29, 0.717) is 12.4 Å². The smallest absolute Gasteiger partial charge is 0.321 e. The minimum Gasteiger partial charge on any atom is -0.468 e. The number of nitrogens with zero attached hydrogens (tertiary/aromatic N) is 3. The van der Waals surface area contributed by atoms with Crippen molar-refractivity contribution in [3.63, 3.8) is 0 Å². The Morgan fingerprint density at radius 2 is 2.11 bits per heavy atom. The highest BCUT2D eigenvalue weighted by atomic mass is 32.2. The number of esters is 1. The van der Waals surface area contributed by atoms with Gasteiger partial charge < -0.3 is 9.30 Å². The highest BCUT2D eigenvalue weighted by Crippen LogP contribution is 2.15. The van der Waals surface area contributed by atoms with Gasteiger partial charge in [-0.25, -0.2) is 13.4 Å². The van der Waals surface area contributed by atoms with Crippen molar-refractivity contribution in [3.8, 4) is 0 Å². The van der Waals surface area contributed by atoms with Crippen LogP contribution < -0.4 is 0 Å². The van der Waals surface area contributed by atoms with E-state index in [1.165, 1.54) is 13.3 Å². The molecule has 0 saturated heterocycles. The third-order valence-electron chi connectivity index (χ3n) is 2.78. The minimum absolute atomic E-state index is 0.0439. The zero-order chi connectivity index (χ0) is 14.6. The summed E-state index contributed by atoms with van der Waals surface area (Å²) in [5, 5.41) is -0.0439. The number of ether oxygens (including phenoxy) is 1. The molecule has 0 unspecified atom stereocenters. The van der Waals surface area contributed by atoms with E-state index in [9.17, 15) is 13.2 Å². The van der Waals surface area contributed by atoms with Crippen molar-refractivity contribution in [1.29, 1.82) is 0 Å². The van der Waals surface area contributed by atoms with Crippen molar-refractivity contribution in [2.75, 3.05) is 20.2 Å². The molecule has 0 aromatic carbocycles. The fraction of sp³-hybridized carbons (Fsp3) is 0.636. The largest absolute Gasteiger partial charge is 0.468 e. The first kappa shape index (κ1) is 15.6. The molecule has 1 rings (SSSR count). The Hall–Kier alpha value is -1.41. The molecular weight excluding hydrogens is 270 g/mol. The molecule has 108 valence electrons. The molecule has 19 heavy (non-hydrogen) atoms. The Balaban J connectivity index is 3.09. The monoisotopic (exact) mass is 289 g/mol. The average molecular weight is 289 g/mol. The van der Waals surface area contributed by atoms with Crippen LogP contribution in [0, 0.1) is 6.92 Å². The van der Waals surface area contributed by atoms with Gasteiger partial charge in [0.05, 0.1) is 7.11 Å². The molecule has 0 atom stereocenters. The van der Waals surface area contributed by atoms with Gasteiger partial charge in [0, 0.05) is 19.3 Å². The summed E-state index contributed by atoms with van der Waals surface area (Å²) in [4.78, 5) is 15.3. The molecule has 0 aliphatic carbocycles. The predicted octanol–water partition coefficient (Wildman–Crippen LogP) is 0.395. The van der Waals surface area contributed by atoms with Crippen LogP contribution in [0.5, 0.6) is 0 Å². The number of carbonyl (C=O) groups excluding carboxylic acids is 1. The quantitative estimate of drug-likeness (QED) is 0.708. The molecule has 0 radical (unpaired) electrons. The fourth-order valence-corrected chi connectivity index (χ4v) is 3.02. The van der Waals surface area contributed by atoms with E-state index in [4.69, 9.17) is 0 Å². The van der Waals surface area contributed by atoms with Crippen molar-refractivity contribution in [2.45, 2.75) is 32.3 Å². The van der Waals surface area contributed by atoms with Crippen molar-refractivity contribution < 1.29 is 17.9 Å². The lowest BCUT2D eigenvalue weighted by molar-refractivity contribution is -0.140. The predicted molar refractivity (Wildman–Crippen MR) is 69.1 cm³/mol. The normalized spacial score (nSPS) is 11.8. The third kappa shape index (κ3) is 3.32. The van der Waals surface area contributed by atoms with Crippen LogP contribution in [0.4, 0.5) is 0 Å². The number of methoxy groups -OCH3 is 1. The molecule has 1 aromatic heterocycles. The molecule has 0 N–H and O–H groups in total. The summed E-state index contributed by atoms with van der Waals surface area (Å²) < 4.78 is 31.9. The van der Waals surface area contributed by atoms with Crippen molar-refractivity contribution >= 4 is 16.0 Å². The topological polar surface area (TPSA) is 81.5 Å². The maximum atomic E-state index is 12.3. The van der Waals surface area contributed by atoms with Crippen molar-refractivity contribution in [2.24, 2.45) is 0 Å². The van der Waals surface area contributed by atoms with E-state index < -0.39 is 16.0 Å². The molecule has 0 spiro atoms. The van der Waals surface area contributed by atoms with E-state index >= 15 is 0 Å². The maximum absolute atomic E-state index is 12.3. The number of likely N-dealkylation sites (N-methyl/N-ethyl adjacent to an activating group) is 1. The van der Waals surface area contributed by atoms with Gasteiger partial charge in [0.2, 0.25) is 0 Å². The van der Waals surface area contributed by atoms with Crippen LogP contribution >= 0.6 is 0 Å². The van der Waals surface area contributed by atoms with Crippen LogP contribution in [-0.4, -0.2) is 48.4 Å². The zero-order valence-electron chi connectivity index (χ0n) is 11.6. The van der Waals surface area contributed by atoms with E-state index in [1.807, 2.05) is 6.92 Å². The molecule has 0 aliphatic rings. The SMILES string of the molecule is CCN(CC(=O)OC)S(=O)(=O)c1cn(CC)c(C)n1. The van der Waals surface area contributed by atoms with Gasteiger partial charge in [-0.2, -0.15) is 4.31 Å². The Kier molecular flexibility index (Phi) is 5.07. The Bertz CT molecular complexity index is 550. The van der Waals surface area contributed by atoms with Crippen LogP contribution in [0.15, 0.2) is 11.2 Å². The van der Waals surface area contributed by atoms with Crippen LogP contribution in [0.3, 0.4) is 0 Å². The lowest BCUT2D eigenvalue weighted by Gasteiger charge is -2.17. The van der Waals surface area contributed by atoms with Gasteiger partial charge in [-0.3, -0.25) is 4.79 Å². The summed E-state index contributed by atoms with van der Waals surface area (Å²) in [5.41, 5.74) is 0. The second kappa shape index (κ2) is 6.16. The first-order valence-electron chi connectivity index (χ1n) is 5.97. The number of sulfonamides is 1. The number of aromatic nitrogens is 2. The maximum Gasteiger partial charge on any atom is 0.321 e. The number of aryl methyl sites for hydroxylation is 2. The molecular formula is C11H19N3O4S. The van der Waals surface area contributed by atoms with Crippen LogP contribution in [0.1, 0.15) is 19.7 Å². The minimum atomic E-state index is -3.77. The molecule has 0 bridgehead atoms. The summed E-state index contributed by atoms with van der Waals surface area (Å²) >= 11 is 0. The van der Waals surface area contributed by atoms with Gasteiger partial charge in [0.25, 0.3) is 10.0 Å². The Labute approximate surface area is 113 Å². The lowest BCUT2D eigenvalue weighted by Crippen LogP contribution is -2.36. The molecule has 1 aromatic rings. The highest BCUT2D eigenvalue weighted by molar-refractivity contribution is 7.89. The summed E-state index contributed by atoms with van der Waals surface area (Å²) in [7, 11) is -2.55. The summed E-state index contributed by atoms with van der Waals surface area (Å²) in [6, 6.07) is 0. The lowest BCUT2D eigenvalue weighted by atomic mass is 10.6. The highest BCUT2D eigenvalue weighted by Gasteiger charge is 2.28. The molecule has 8 heteroatoms. The van der Waals surface area contributed by atoms with Gasteiger partial charge in [-0.05, 0) is 13.8 Å². The van der Waals surface area contributed by atoms with Gasteiger partial charge in [0.1, 0.15) is 12.4 Å². The number of hydrogen-bond donors (Lipinski definition) is 0. The van der Waals surface area contributed by atoms with Gasteiger partial charge in [0.15, 0.2) is 5.03 Å². The summed E-state index contributed by atoms with van der Waals surface area (Å²) in [6.07, 6.45) is 1.48. The van der Waals surface area contributed by atoms with Crippen LogP contribution in [0.2, 0.25) is 0 Å². The zero-order valence-corrected chi connectivity index (χ0v) is 12.4. The average Bonchev–Trinajstić information content (AvgIpc) is 2.77. The summed E-state index contributed by atoms with van der Waals surface area (Å²) in [5.74, 6) is 0.0206. The van der Waals surface area contributed by atoms with E-state index in [0.717, 1.165) is 4.31 Å². The van der Waals surface area contributed by atoms with Crippen LogP contribution in [-0.2, 0) is 26.1 Å². The number of imidazole rings is 1. The molecule has 0 amide bonds. The second-order valence-corrected chi connectivity index (χ2v) is 5.80. The van der Waals surface area contributed by atoms with E-state index in [2.05, 4.69) is 9.72 Å². The molecule has 7 nitrogen and oxygen atoms in total. The summed E-state index contributed by atoms with van der Waals surface area (Å²) in [6.45, 7) is 5.79. The van der Waals surface area contributed by atoms with E-state index in [1.54, 1.807) is 18.4 Å². The third-order valence-corrected chi connectivity index (χ3v) is 4.58. The van der Waals surface area contributed by atoms with Crippen molar-refractivity contribution in [1.82, 2.24) is 13.9 Å². The fourth-order valence-electron chi connectivity index (χ4n) is 1.63. The number of rotatable bonds is 6. The Morgan fingerprint density at radius 1 is 1.47 bits per heavy atom. The first-order valence-corrected chi connectivity index (χ1v) is 7.41. The molecule has 0 aliphatic heterocycles. The van der Waals surface area contributed by atoms with Gasteiger partial charge in [-0.1, -0.05) is 6.92 Å². The number of hydrogen-bond acceptors (Lipinski definition) is 5. The molecule has 0 fully saturated rings. The first-order chi connectivity index (χ1) is 8.86. The van der Waals surface area contributed by atoms with Crippen LogP contribution in [0.25, 0.3) is 0 Å². The molecule has 1 heterocycles. The van der Waals surface area contributed by atoms with E-state index in [-0.39, 0.29) is 18.1 Å². The Morgan fingerprint density at radius 3 is 2.53 bits per heavy atom.